The molecule has 1 N–H and O–H groups in total. The molecule has 0 aromatic heterocycles. The molecule has 2 unspecified atom stereocenters. The molecule has 0 bridgehead atoms. The van der Waals surface area contributed by atoms with E-state index in [1.807, 2.05) is 30.3 Å². The zero-order chi connectivity index (χ0) is 17.8. The Labute approximate surface area is 147 Å². The van der Waals surface area contributed by atoms with Gasteiger partial charge in [-0.2, -0.15) is 0 Å². The average molecular weight is 344 g/mol. The SMILES string of the molecule is O=C(CN1C(=O)C2CCCCC2C1=O)N(CCO)Cc1ccccc1. The lowest BCUT2D eigenvalue weighted by atomic mass is 9.81. The lowest BCUT2D eigenvalue weighted by Crippen LogP contribution is -2.43. The van der Waals surface area contributed by atoms with Gasteiger partial charge in [0.2, 0.25) is 17.7 Å². The normalized spacial score (nSPS) is 22.8. The number of aliphatic hydroxyl groups is 1. The highest BCUT2D eigenvalue weighted by atomic mass is 16.3. The summed E-state index contributed by atoms with van der Waals surface area (Å²) < 4.78 is 0. The Morgan fingerprint density at radius 1 is 1.08 bits per heavy atom. The summed E-state index contributed by atoms with van der Waals surface area (Å²) in [4.78, 5) is 40.3. The summed E-state index contributed by atoms with van der Waals surface area (Å²) in [6.45, 7) is 0.142. The largest absolute Gasteiger partial charge is 0.395 e. The van der Waals surface area contributed by atoms with E-state index in [9.17, 15) is 19.5 Å². The minimum Gasteiger partial charge on any atom is -0.395 e. The molecule has 3 rings (SSSR count). The van der Waals surface area contributed by atoms with Crippen LogP contribution in [-0.4, -0.2) is 52.3 Å². The van der Waals surface area contributed by atoms with Crippen molar-refractivity contribution < 1.29 is 19.5 Å². The van der Waals surface area contributed by atoms with Crippen molar-refractivity contribution in [3.05, 3.63) is 35.9 Å². The van der Waals surface area contributed by atoms with Crippen molar-refractivity contribution in [2.24, 2.45) is 11.8 Å². The van der Waals surface area contributed by atoms with E-state index in [1.165, 1.54) is 4.90 Å². The number of amides is 3. The van der Waals surface area contributed by atoms with Crippen LogP contribution >= 0.6 is 0 Å². The van der Waals surface area contributed by atoms with E-state index >= 15 is 0 Å². The van der Waals surface area contributed by atoms with Crippen LogP contribution in [-0.2, 0) is 20.9 Å². The van der Waals surface area contributed by atoms with E-state index in [2.05, 4.69) is 0 Å². The second-order valence-corrected chi connectivity index (χ2v) is 6.78. The predicted octanol–water partition coefficient (Wildman–Crippen LogP) is 1.18. The molecule has 25 heavy (non-hydrogen) atoms. The van der Waals surface area contributed by atoms with Crippen molar-refractivity contribution in [2.45, 2.75) is 32.2 Å². The summed E-state index contributed by atoms with van der Waals surface area (Å²) >= 11 is 0. The minimum atomic E-state index is -0.307. The van der Waals surface area contributed by atoms with Crippen molar-refractivity contribution in [3.63, 3.8) is 0 Å². The van der Waals surface area contributed by atoms with Gasteiger partial charge in [-0.1, -0.05) is 43.2 Å². The number of nitrogens with zero attached hydrogens (tertiary/aromatic N) is 2. The number of aliphatic hydroxyl groups excluding tert-OH is 1. The van der Waals surface area contributed by atoms with Gasteiger partial charge in [0.25, 0.3) is 0 Å². The van der Waals surface area contributed by atoms with Crippen molar-refractivity contribution in [1.82, 2.24) is 9.80 Å². The summed E-state index contributed by atoms with van der Waals surface area (Å²) in [6, 6.07) is 9.46. The maximum absolute atomic E-state index is 12.7. The van der Waals surface area contributed by atoms with E-state index in [-0.39, 0.29) is 49.3 Å². The molecule has 1 aliphatic carbocycles. The first-order valence-corrected chi connectivity index (χ1v) is 8.89. The van der Waals surface area contributed by atoms with Crippen LogP contribution in [0.4, 0.5) is 0 Å². The van der Waals surface area contributed by atoms with E-state index in [0.29, 0.717) is 6.54 Å². The van der Waals surface area contributed by atoms with Gasteiger partial charge in [-0.25, -0.2) is 0 Å². The van der Waals surface area contributed by atoms with Crippen molar-refractivity contribution in [3.8, 4) is 0 Å². The van der Waals surface area contributed by atoms with Crippen LogP contribution in [0.5, 0.6) is 0 Å². The molecule has 1 aliphatic heterocycles. The molecule has 1 saturated carbocycles. The molecule has 2 aliphatic rings. The third kappa shape index (κ3) is 3.74. The Kier molecular flexibility index (Phi) is 5.48. The van der Waals surface area contributed by atoms with Crippen molar-refractivity contribution in [2.75, 3.05) is 19.7 Å². The van der Waals surface area contributed by atoms with E-state index in [1.54, 1.807) is 0 Å². The number of carbonyl (C=O) groups is 3. The number of hydrogen-bond donors (Lipinski definition) is 1. The lowest BCUT2D eigenvalue weighted by molar-refractivity contribution is -0.147. The summed E-state index contributed by atoms with van der Waals surface area (Å²) in [5, 5.41) is 9.26. The van der Waals surface area contributed by atoms with E-state index < -0.39 is 0 Å². The zero-order valence-electron chi connectivity index (χ0n) is 14.3. The van der Waals surface area contributed by atoms with Gasteiger partial charge in [-0.15, -0.1) is 0 Å². The first kappa shape index (κ1) is 17.6. The first-order chi connectivity index (χ1) is 12.1. The van der Waals surface area contributed by atoms with Gasteiger partial charge in [-0.3, -0.25) is 19.3 Å². The number of imide groups is 1. The molecule has 3 amide bonds. The van der Waals surface area contributed by atoms with Gasteiger partial charge in [0.15, 0.2) is 0 Å². The van der Waals surface area contributed by atoms with Gasteiger partial charge in [0, 0.05) is 13.1 Å². The molecule has 1 aromatic carbocycles. The van der Waals surface area contributed by atoms with E-state index in [0.717, 1.165) is 36.1 Å². The number of carbonyl (C=O) groups excluding carboxylic acids is 3. The minimum absolute atomic E-state index is 0.161. The molecule has 2 fully saturated rings. The number of likely N-dealkylation sites (tertiary alicyclic amines) is 1. The summed E-state index contributed by atoms with van der Waals surface area (Å²) in [7, 11) is 0. The molecule has 134 valence electrons. The number of rotatable bonds is 6. The highest BCUT2D eigenvalue weighted by Crippen LogP contribution is 2.37. The van der Waals surface area contributed by atoms with Crippen LogP contribution in [0.2, 0.25) is 0 Å². The van der Waals surface area contributed by atoms with Crippen LogP contribution < -0.4 is 0 Å². The lowest BCUT2D eigenvalue weighted by Gasteiger charge is -2.24. The molecule has 6 heteroatoms. The summed E-state index contributed by atoms with van der Waals surface area (Å²) in [5.41, 5.74) is 0.942. The van der Waals surface area contributed by atoms with Gasteiger partial charge in [-0.05, 0) is 18.4 Å². The van der Waals surface area contributed by atoms with Crippen LogP contribution in [0.15, 0.2) is 30.3 Å². The van der Waals surface area contributed by atoms with Crippen molar-refractivity contribution in [1.29, 1.82) is 0 Å². The second kappa shape index (κ2) is 7.78. The van der Waals surface area contributed by atoms with E-state index in [4.69, 9.17) is 0 Å². The third-order valence-electron chi connectivity index (χ3n) is 5.16. The highest BCUT2D eigenvalue weighted by molar-refractivity contribution is 6.07. The molecule has 1 aromatic rings. The van der Waals surface area contributed by atoms with Crippen LogP contribution in [0.3, 0.4) is 0 Å². The van der Waals surface area contributed by atoms with Crippen LogP contribution in [0, 0.1) is 11.8 Å². The fourth-order valence-corrected chi connectivity index (χ4v) is 3.84. The maximum atomic E-state index is 12.7. The molecule has 6 nitrogen and oxygen atoms in total. The van der Waals surface area contributed by atoms with Gasteiger partial charge < -0.3 is 10.0 Å². The van der Waals surface area contributed by atoms with Crippen molar-refractivity contribution >= 4 is 17.7 Å². The van der Waals surface area contributed by atoms with Gasteiger partial charge >= 0.3 is 0 Å². The molecule has 0 spiro atoms. The smallest absolute Gasteiger partial charge is 0.243 e. The summed E-state index contributed by atoms with van der Waals surface area (Å²) in [5.74, 6) is -1.19. The Morgan fingerprint density at radius 2 is 1.68 bits per heavy atom. The number of fused-ring (bicyclic) bond motifs is 1. The second-order valence-electron chi connectivity index (χ2n) is 6.78. The first-order valence-electron chi connectivity index (χ1n) is 8.89. The standard InChI is InChI=1S/C19H24N2O4/c22-11-10-20(12-14-6-2-1-3-7-14)17(23)13-21-18(24)15-8-4-5-9-16(15)19(21)25/h1-3,6-7,15-16,22H,4-5,8-13H2. The Hall–Kier alpha value is -2.21. The predicted molar refractivity (Wildman–Crippen MR) is 91.1 cm³/mol. The quantitative estimate of drug-likeness (QED) is 0.786. The average Bonchev–Trinajstić information content (AvgIpc) is 2.87. The van der Waals surface area contributed by atoms with Gasteiger partial charge in [0.1, 0.15) is 6.54 Å². The molecular weight excluding hydrogens is 320 g/mol. The number of benzene rings is 1. The monoisotopic (exact) mass is 344 g/mol. The molecule has 2 atom stereocenters. The Bertz CT molecular complexity index is 622. The number of hydrogen-bond acceptors (Lipinski definition) is 4. The fraction of sp³-hybridized carbons (Fsp3) is 0.526. The highest BCUT2D eigenvalue weighted by Gasteiger charge is 2.48. The third-order valence-corrected chi connectivity index (χ3v) is 5.16. The molecular formula is C19H24N2O4. The topological polar surface area (TPSA) is 77.9 Å². The fourth-order valence-electron chi connectivity index (χ4n) is 3.84. The van der Waals surface area contributed by atoms with Crippen LogP contribution in [0.1, 0.15) is 31.2 Å². The molecule has 1 heterocycles. The zero-order valence-corrected chi connectivity index (χ0v) is 14.3. The molecule has 1 saturated heterocycles. The Balaban J connectivity index is 1.68. The summed E-state index contributed by atoms with van der Waals surface area (Å²) in [6.07, 6.45) is 3.41. The Morgan fingerprint density at radius 3 is 2.24 bits per heavy atom. The maximum Gasteiger partial charge on any atom is 0.243 e. The van der Waals surface area contributed by atoms with Gasteiger partial charge in [0.05, 0.1) is 18.4 Å². The molecule has 0 radical (unpaired) electrons. The van der Waals surface area contributed by atoms with Crippen LogP contribution in [0.25, 0.3) is 0 Å².